The van der Waals surface area contributed by atoms with Crippen molar-refractivity contribution in [2.75, 3.05) is 7.11 Å². The number of hydrogen-bond acceptors (Lipinski definition) is 4. The van der Waals surface area contributed by atoms with Gasteiger partial charge in [0.15, 0.2) is 0 Å². The van der Waals surface area contributed by atoms with Crippen molar-refractivity contribution in [1.29, 1.82) is 15.8 Å². The molecule has 0 heterocycles. The summed E-state index contributed by atoms with van der Waals surface area (Å²) in [5.41, 5.74) is 0. The third kappa shape index (κ3) is 2.81. The molecule has 0 fully saturated rings. The monoisotopic (exact) mass is 159 g/mol. The Hall–Kier alpha value is 0.131. The normalized spacial score (nSPS) is 7.80. The first-order valence-electron chi connectivity index (χ1n) is 2.18. The number of nitrogens with zero attached hydrogens (tertiary/aromatic N) is 3. The van der Waals surface area contributed by atoms with Crippen LogP contribution in [0.1, 0.15) is 0 Å². The van der Waals surface area contributed by atoms with Gasteiger partial charge in [0.1, 0.15) is 0 Å². The predicted octanol–water partition coefficient (Wildman–Crippen LogP) is -3.23. The largest absolute Gasteiger partial charge is 1.00 e. The summed E-state index contributed by atoms with van der Waals surface area (Å²) in [6.45, 7) is 0. The predicted molar refractivity (Wildman–Crippen MR) is 29.6 cm³/mol. The van der Waals surface area contributed by atoms with Crippen LogP contribution in [-0.4, -0.2) is 13.5 Å². The van der Waals surface area contributed by atoms with E-state index in [-0.39, 0.29) is 51.4 Å². The molecule has 44 valence electrons. The Morgan fingerprint density at radius 3 is 1.40 bits per heavy atom. The molecule has 0 aliphatic carbocycles. The quantitative estimate of drug-likeness (QED) is 0.376. The molecule has 6 heteroatoms. The van der Waals surface area contributed by atoms with Crippen molar-refractivity contribution >= 4 is 6.35 Å². The van der Waals surface area contributed by atoms with E-state index in [1.807, 2.05) is 0 Å². The second kappa shape index (κ2) is 5.88. The summed E-state index contributed by atoms with van der Waals surface area (Å²) in [5.74, 6) is 4.45. The molecule has 0 amide bonds. The SMILES string of the molecule is CO[B-](C#N)(C#N)C#N.[K+]. The van der Waals surface area contributed by atoms with Crippen LogP contribution in [0.25, 0.3) is 0 Å². The van der Waals surface area contributed by atoms with Gasteiger partial charge in [-0.3, -0.25) is 0 Å². The molecule has 0 atom stereocenters. The van der Waals surface area contributed by atoms with Gasteiger partial charge in [-0.25, -0.2) is 15.8 Å². The maximum Gasteiger partial charge on any atom is 1.00 e. The first kappa shape index (κ1) is 12.8. The van der Waals surface area contributed by atoms with Crippen molar-refractivity contribution in [3.05, 3.63) is 0 Å². The maximum atomic E-state index is 8.18. The number of nitriles is 3. The molecule has 0 spiro atoms. The van der Waals surface area contributed by atoms with E-state index in [4.69, 9.17) is 15.8 Å². The van der Waals surface area contributed by atoms with Crippen molar-refractivity contribution in [2.24, 2.45) is 0 Å². The maximum absolute atomic E-state index is 8.18. The zero-order chi connectivity index (χ0) is 7.33. The van der Waals surface area contributed by atoms with Crippen molar-refractivity contribution < 1.29 is 56.0 Å². The summed E-state index contributed by atoms with van der Waals surface area (Å²) in [5, 5.41) is 24.6. The van der Waals surface area contributed by atoms with E-state index >= 15 is 0 Å². The molecule has 0 aromatic rings. The van der Waals surface area contributed by atoms with Crippen LogP contribution < -0.4 is 51.4 Å². The van der Waals surface area contributed by atoms with Gasteiger partial charge in [0.05, 0.1) is 0 Å². The average molecular weight is 159 g/mol. The van der Waals surface area contributed by atoms with Crippen molar-refractivity contribution in [2.45, 2.75) is 0 Å². The minimum Gasteiger partial charge on any atom is -0.559 e. The van der Waals surface area contributed by atoms with E-state index in [9.17, 15) is 0 Å². The van der Waals surface area contributed by atoms with Gasteiger partial charge in [-0.05, 0) is 7.11 Å². The first-order chi connectivity index (χ1) is 4.24. The van der Waals surface area contributed by atoms with Crippen LogP contribution in [0.5, 0.6) is 0 Å². The molecule has 4 nitrogen and oxygen atoms in total. The summed E-state index contributed by atoms with van der Waals surface area (Å²) >= 11 is 0. The van der Waals surface area contributed by atoms with Crippen molar-refractivity contribution in [1.82, 2.24) is 0 Å². The first-order valence-corrected chi connectivity index (χ1v) is 2.18. The van der Waals surface area contributed by atoms with Crippen LogP contribution in [-0.2, 0) is 4.65 Å². The van der Waals surface area contributed by atoms with Crippen LogP contribution in [0.4, 0.5) is 0 Å². The summed E-state index contributed by atoms with van der Waals surface area (Å²) in [7, 11) is 1.16. The molecule has 0 rings (SSSR count). The van der Waals surface area contributed by atoms with Gasteiger partial charge in [0, 0.05) is 0 Å². The van der Waals surface area contributed by atoms with E-state index in [2.05, 4.69) is 4.65 Å². The molecule has 0 unspecified atom stereocenters. The molecule has 0 bridgehead atoms. The van der Waals surface area contributed by atoms with E-state index in [1.54, 1.807) is 0 Å². The Labute approximate surface area is 102 Å². The van der Waals surface area contributed by atoms with Crippen LogP contribution in [0.2, 0.25) is 0 Å². The molecule has 0 aliphatic rings. The Kier molecular flexibility index (Phi) is 7.52. The fraction of sp³-hybridized carbons (Fsp3) is 0.250. The van der Waals surface area contributed by atoms with Crippen molar-refractivity contribution in [3.63, 3.8) is 0 Å². The second-order valence-electron chi connectivity index (χ2n) is 1.41. The zero-order valence-corrected chi connectivity index (χ0v) is 8.95. The summed E-state index contributed by atoms with van der Waals surface area (Å²) in [6.07, 6.45) is -2.53. The van der Waals surface area contributed by atoms with Crippen LogP contribution in [0.15, 0.2) is 0 Å². The standard InChI is InChI=1S/C4H3BN3O.K/c1-9-5(2-6,3-7)4-8;/h1H3;/q-1;+1. The third-order valence-corrected chi connectivity index (χ3v) is 0.899. The van der Waals surface area contributed by atoms with E-state index < -0.39 is 6.35 Å². The fourth-order valence-electron chi connectivity index (χ4n) is 0.245. The summed E-state index contributed by atoms with van der Waals surface area (Å²) in [4.78, 5) is 0. The van der Waals surface area contributed by atoms with Crippen LogP contribution in [0.3, 0.4) is 0 Å². The smallest absolute Gasteiger partial charge is 0.559 e. The van der Waals surface area contributed by atoms with Gasteiger partial charge >= 0.3 is 57.7 Å². The summed E-state index contributed by atoms with van der Waals surface area (Å²) < 4.78 is 4.36. The average Bonchev–Trinajstić information content (AvgIpc) is 1.95. The molecule has 0 saturated heterocycles. The zero-order valence-electron chi connectivity index (χ0n) is 5.83. The third-order valence-electron chi connectivity index (χ3n) is 0.899. The molecule has 0 aliphatic heterocycles. The van der Waals surface area contributed by atoms with Crippen LogP contribution >= 0.6 is 0 Å². The Morgan fingerprint density at radius 2 is 1.40 bits per heavy atom. The van der Waals surface area contributed by atoms with Gasteiger partial charge in [-0.1, -0.05) is 17.9 Å². The Balaban J connectivity index is 0. The van der Waals surface area contributed by atoms with Crippen LogP contribution in [0, 0.1) is 33.7 Å². The number of hydrogen-bond donors (Lipinski definition) is 0. The molecule has 0 aromatic heterocycles. The van der Waals surface area contributed by atoms with Crippen molar-refractivity contribution in [3.8, 4) is 17.9 Å². The molecule has 10 heavy (non-hydrogen) atoms. The fourth-order valence-corrected chi connectivity index (χ4v) is 0.245. The van der Waals surface area contributed by atoms with E-state index in [0.29, 0.717) is 0 Å². The minimum atomic E-state index is -2.53. The molecular weight excluding hydrogens is 156 g/mol. The molecular formula is C4H3BKN3O. The van der Waals surface area contributed by atoms with Gasteiger partial charge < -0.3 is 4.65 Å². The molecule has 0 radical (unpaired) electrons. The molecule has 0 aromatic carbocycles. The van der Waals surface area contributed by atoms with Gasteiger partial charge in [-0.2, -0.15) is 0 Å². The van der Waals surface area contributed by atoms with Gasteiger partial charge in [0.2, 0.25) is 0 Å². The molecule has 0 N–H and O–H groups in total. The molecule has 0 saturated carbocycles. The van der Waals surface area contributed by atoms with E-state index in [0.717, 1.165) is 7.11 Å². The second-order valence-corrected chi connectivity index (χ2v) is 1.41. The number of rotatable bonds is 1. The van der Waals surface area contributed by atoms with E-state index in [1.165, 1.54) is 17.9 Å². The minimum absolute atomic E-state index is 0. The topological polar surface area (TPSA) is 80.6 Å². The van der Waals surface area contributed by atoms with Gasteiger partial charge in [-0.15, -0.1) is 0 Å². The summed E-state index contributed by atoms with van der Waals surface area (Å²) in [6, 6.07) is 0. The Bertz CT molecular complexity index is 186. The van der Waals surface area contributed by atoms with Gasteiger partial charge in [0.25, 0.3) is 0 Å². The Morgan fingerprint density at radius 1 is 1.10 bits per heavy atom.